The molecular formula is C10H10AgO3. The van der Waals surface area contributed by atoms with Gasteiger partial charge < -0.3 is 5.11 Å². The molecule has 0 aliphatic rings. The molecule has 0 heterocycles. The van der Waals surface area contributed by atoms with E-state index in [0.717, 1.165) is 0 Å². The van der Waals surface area contributed by atoms with Gasteiger partial charge in [-0.3, -0.25) is 9.59 Å². The third kappa shape index (κ3) is 4.37. The fourth-order valence-electron chi connectivity index (χ4n) is 0.989. The Labute approximate surface area is 97.6 Å². The summed E-state index contributed by atoms with van der Waals surface area (Å²) in [5, 5.41) is 8.36. The van der Waals surface area contributed by atoms with Crippen LogP contribution in [0, 0.1) is 0 Å². The molecule has 3 nitrogen and oxygen atoms in total. The van der Waals surface area contributed by atoms with Crippen LogP contribution >= 0.6 is 0 Å². The summed E-state index contributed by atoms with van der Waals surface area (Å²) in [5.74, 6) is -1.06. The van der Waals surface area contributed by atoms with E-state index in [1.54, 1.807) is 24.3 Å². The molecule has 1 aromatic carbocycles. The van der Waals surface area contributed by atoms with E-state index in [1.807, 2.05) is 6.07 Å². The quantitative estimate of drug-likeness (QED) is 0.677. The van der Waals surface area contributed by atoms with Crippen molar-refractivity contribution in [3.05, 3.63) is 35.9 Å². The van der Waals surface area contributed by atoms with Gasteiger partial charge in [0.2, 0.25) is 0 Å². The fraction of sp³-hybridized carbons (Fsp3) is 0.200. The topological polar surface area (TPSA) is 54.4 Å². The minimum atomic E-state index is -0.940. The van der Waals surface area contributed by atoms with Crippen LogP contribution in [0.4, 0.5) is 0 Å². The van der Waals surface area contributed by atoms with Crippen molar-refractivity contribution in [3.63, 3.8) is 0 Å². The van der Waals surface area contributed by atoms with E-state index in [4.69, 9.17) is 5.11 Å². The van der Waals surface area contributed by atoms with Gasteiger partial charge in [-0.15, -0.1) is 0 Å². The Morgan fingerprint density at radius 2 is 1.64 bits per heavy atom. The van der Waals surface area contributed by atoms with E-state index < -0.39 is 5.97 Å². The van der Waals surface area contributed by atoms with E-state index in [-0.39, 0.29) is 41.0 Å². The average molecular weight is 286 g/mol. The van der Waals surface area contributed by atoms with Crippen molar-refractivity contribution in [2.75, 3.05) is 0 Å². The van der Waals surface area contributed by atoms with Crippen molar-refractivity contribution in [2.24, 2.45) is 0 Å². The van der Waals surface area contributed by atoms with Gasteiger partial charge in [-0.2, -0.15) is 0 Å². The van der Waals surface area contributed by atoms with Crippen LogP contribution in [0.1, 0.15) is 23.2 Å². The van der Waals surface area contributed by atoms with E-state index in [2.05, 4.69) is 0 Å². The Kier molecular flexibility index (Phi) is 6.12. The van der Waals surface area contributed by atoms with Gasteiger partial charge in [-0.05, 0) is 0 Å². The number of carbonyl (C=O) groups excluding carboxylic acids is 1. The molecular weight excluding hydrogens is 276 g/mol. The summed E-state index contributed by atoms with van der Waals surface area (Å²) >= 11 is 0. The summed E-state index contributed by atoms with van der Waals surface area (Å²) in [5.41, 5.74) is 0.573. The van der Waals surface area contributed by atoms with Crippen LogP contribution in [0.3, 0.4) is 0 Å². The molecule has 0 aromatic heterocycles. The number of rotatable bonds is 4. The first-order valence-corrected chi connectivity index (χ1v) is 4.00. The number of benzene rings is 1. The van der Waals surface area contributed by atoms with Gasteiger partial charge in [0.25, 0.3) is 0 Å². The number of carboxylic acid groups (broad SMARTS) is 1. The van der Waals surface area contributed by atoms with Crippen LogP contribution in [0.25, 0.3) is 0 Å². The molecule has 1 radical (unpaired) electrons. The van der Waals surface area contributed by atoms with Crippen molar-refractivity contribution in [1.29, 1.82) is 0 Å². The number of aliphatic carboxylic acids is 1. The minimum Gasteiger partial charge on any atom is -0.481 e. The van der Waals surface area contributed by atoms with E-state index in [9.17, 15) is 9.59 Å². The number of carboxylic acids is 1. The van der Waals surface area contributed by atoms with Crippen LogP contribution in [-0.4, -0.2) is 16.9 Å². The van der Waals surface area contributed by atoms with Crippen LogP contribution in [0.15, 0.2) is 30.3 Å². The molecule has 14 heavy (non-hydrogen) atoms. The number of carbonyl (C=O) groups is 2. The third-order valence-electron chi connectivity index (χ3n) is 1.66. The number of hydrogen-bond acceptors (Lipinski definition) is 2. The zero-order valence-corrected chi connectivity index (χ0v) is 8.85. The Bertz CT molecular complexity index is 308. The molecule has 1 rings (SSSR count). The van der Waals surface area contributed by atoms with Crippen molar-refractivity contribution in [1.82, 2.24) is 0 Å². The monoisotopic (exact) mass is 285 g/mol. The van der Waals surface area contributed by atoms with E-state index >= 15 is 0 Å². The van der Waals surface area contributed by atoms with Crippen LogP contribution < -0.4 is 0 Å². The Morgan fingerprint density at radius 1 is 1.07 bits per heavy atom. The first-order chi connectivity index (χ1) is 6.20. The van der Waals surface area contributed by atoms with Gasteiger partial charge in [0, 0.05) is 34.4 Å². The molecule has 1 N–H and O–H groups in total. The Morgan fingerprint density at radius 3 is 2.14 bits per heavy atom. The van der Waals surface area contributed by atoms with E-state index in [0.29, 0.717) is 5.56 Å². The normalized spacial score (nSPS) is 8.86. The maximum absolute atomic E-state index is 11.3. The van der Waals surface area contributed by atoms with Crippen molar-refractivity contribution in [3.8, 4) is 0 Å². The van der Waals surface area contributed by atoms with Crippen LogP contribution in [0.2, 0.25) is 0 Å². The maximum atomic E-state index is 11.3. The Hall–Kier alpha value is -0.900. The van der Waals surface area contributed by atoms with Gasteiger partial charge >= 0.3 is 5.97 Å². The molecule has 0 saturated heterocycles. The van der Waals surface area contributed by atoms with Gasteiger partial charge in [0.15, 0.2) is 5.78 Å². The first-order valence-electron chi connectivity index (χ1n) is 4.00. The van der Waals surface area contributed by atoms with Gasteiger partial charge in [-0.1, -0.05) is 30.3 Å². The van der Waals surface area contributed by atoms with Crippen molar-refractivity contribution < 1.29 is 37.1 Å². The maximum Gasteiger partial charge on any atom is 0.303 e. The van der Waals surface area contributed by atoms with Gasteiger partial charge in [-0.25, -0.2) is 0 Å². The van der Waals surface area contributed by atoms with Gasteiger partial charge in [0.05, 0.1) is 6.42 Å². The molecule has 0 bridgehead atoms. The molecule has 0 amide bonds. The van der Waals surface area contributed by atoms with Crippen LogP contribution in [0.5, 0.6) is 0 Å². The second-order valence-corrected chi connectivity index (χ2v) is 2.68. The molecule has 1 aromatic rings. The SMILES string of the molecule is O=C(O)CCC(=O)c1ccccc1.[Ag]. The third-order valence-corrected chi connectivity index (χ3v) is 1.66. The summed E-state index contributed by atoms with van der Waals surface area (Å²) < 4.78 is 0. The summed E-state index contributed by atoms with van der Waals surface area (Å²) in [6.07, 6.45) is -0.0346. The van der Waals surface area contributed by atoms with Crippen LogP contribution in [-0.2, 0) is 27.2 Å². The van der Waals surface area contributed by atoms with Crippen molar-refractivity contribution in [2.45, 2.75) is 12.8 Å². The zero-order chi connectivity index (χ0) is 9.68. The molecule has 0 fully saturated rings. The summed E-state index contributed by atoms with van der Waals surface area (Å²) in [6.45, 7) is 0. The molecule has 0 spiro atoms. The predicted molar refractivity (Wildman–Crippen MR) is 47.6 cm³/mol. The molecule has 0 saturated carbocycles. The Balaban J connectivity index is 0.00000169. The molecule has 0 aliphatic heterocycles. The molecule has 79 valence electrons. The molecule has 0 unspecified atom stereocenters. The zero-order valence-electron chi connectivity index (χ0n) is 7.37. The largest absolute Gasteiger partial charge is 0.481 e. The summed E-state index contributed by atoms with van der Waals surface area (Å²) in [4.78, 5) is 21.5. The predicted octanol–water partition coefficient (Wildman–Crippen LogP) is 1.73. The van der Waals surface area contributed by atoms with E-state index in [1.165, 1.54) is 0 Å². The smallest absolute Gasteiger partial charge is 0.303 e. The average Bonchev–Trinajstić information content (AvgIpc) is 2.15. The summed E-state index contributed by atoms with van der Waals surface area (Å²) in [6, 6.07) is 8.70. The number of ketones is 1. The summed E-state index contributed by atoms with van der Waals surface area (Å²) in [7, 11) is 0. The molecule has 0 aliphatic carbocycles. The second kappa shape index (κ2) is 6.54. The van der Waals surface area contributed by atoms with Crippen molar-refractivity contribution >= 4 is 11.8 Å². The fourth-order valence-corrected chi connectivity index (χ4v) is 0.989. The molecule has 0 atom stereocenters. The number of Topliss-reactive ketones (excluding diaryl/α,β-unsaturated/α-hetero) is 1. The standard InChI is InChI=1S/C10H10O3.Ag/c11-9(6-7-10(12)13)8-4-2-1-3-5-8;/h1-5H,6-7H2,(H,12,13);. The second-order valence-electron chi connectivity index (χ2n) is 2.68. The first kappa shape index (κ1) is 13.1. The minimum absolute atomic E-state index is 0. The molecule has 4 heteroatoms. The number of hydrogen-bond donors (Lipinski definition) is 1. The van der Waals surface area contributed by atoms with Gasteiger partial charge in [0.1, 0.15) is 0 Å².